The van der Waals surface area contributed by atoms with Gasteiger partial charge in [0.2, 0.25) is 0 Å². The summed E-state index contributed by atoms with van der Waals surface area (Å²) in [6.07, 6.45) is 3.28. The van der Waals surface area contributed by atoms with Gasteiger partial charge in [-0.1, -0.05) is 6.08 Å². The Morgan fingerprint density at radius 2 is 2.28 bits per heavy atom. The number of benzene rings is 1. The van der Waals surface area contributed by atoms with Crippen molar-refractivity contribution in [3.05, 3.63) is 46.5 Å². The largest absolute Gasteiger partial charge is 0.493 e. The molecule has 0 aliphatic rings. The maximum atomic E-state index is 10.8. The third-order valence-corrected chi connectivity index (χ3v) is 2.22. The highest BCUT2D eigenvalue weighted by Gasteiger charge is 2.20. The molecule has 1 aromatic rings. The van der Waals surface area contributed by atoms with E-state index in [1.54, 1.807) is 6.08 Å². The SMILES string of the molecule is C=CCCCOc1ccc(C(=O)O)c([N+](=O)[O-])c1. The van der Waals surface area contributed by atoms with Crippen molar-refractivity contribution in [3.8, 4) is 5.75 Å². The number of hydrogen-bond donors (Lipinski definition) is 1. The summed E-state index contributed by atoms with van der Waals surface area (Å²) in [7, 11) is 0. The highest BCUT2D eigenvalue weighted by atomic mass is 16.6. The molecule has 0 atom stereocenters. The van der Waals surface area contributed by atoms with Gasteiger partial charge < -0.3 is 9.84 Å². The van der Waals surface area contributed by atoms with E-state index in [1.165, 1.54) is 12.1 Å². The molecule has 0 aromatic heterocycles. The molecule has 96 valence electrons. The second kappa shape index (κ2) is 6.39. The van der Waals surface area contributed by atoms with Gasteiger partial charge in [-0.15, -0.1) is 6.58 Å². The normalized spacial score (nSPS) is 9.78. The van der Waals surface area contributed by atoms with Crippen molar-refractivity contribution in [2.75, 3.05) is 6.61 Å². The number of nitro groups is 1. The average Bonchev–Trinajstić information content (AvgIpc) is 2.34. The monoisotopic (exact) mass is 251 g/mol. The first-order valence-corrected chi connectivity index (χ1v) is 5.31. The van der Waals surface area contributed by atoms with Crippen LogP contribution in [0.15, 0.2) is 30.9 Å². The molecule has 6 nitrogen and oxygen atoms in total. The average molecular weight is 251 g/mol. The van der Waals surface area contributed by atoms with Crippen molar-refractivity contribution < 1.29 is 19.6 Å². The van der Waals surface area contributed by atoms with Crippen LogP contribution in [0.2, 0.25) is 0 Å². The number of carboxylic acids is 1. The maximum absolute atomic E-state index is 10.8. The minimum Gasteiger partial charge on any atom is -0.493 e. The van der Waals surface area contributed by atoms with Crippen molar-refractivity contribution in [3.63, 3.8) is 0 Å². The molecule has 1 rings (SSSR count). The Bertz CT molecular complexity index is 470. The van der Waals surface area contributed by atoms with Gasteiger partial charge >= 0.3 is 5.97 Å². The predicted octanol–water partition coefficient (Wildman–Crippen LogP) is 2.64. The fourth-order valence-corrected chi connectivity index (χ4v) is 1.35. The zero-order valence-corrected chi connectivity index (χ0v) is 9.67. The Hall–Kier alpha value is -2.37. The smallest absolute Gasteiger partial charge is 0.342 e. The van der Waals surface area contributed by atoms with Crippen LogP contribution >= 0.6 is 0 Å². The first-order chi connectivity index (χ1) is 8.56. The molecule has 0 saturated heterocycles. The topological polar surface area (TPSA) is 89.7 Å². The molecule has 0 spiro atoms. The van der Waals surface area contributed by atoms with Gasteiger partial charge in [0.05, 0.1) is 17.6 Å². The fraction of sp³-hybridized carbons (Fsp3) is 0.250. The van der Waals surface area contributed by atoms with E-state index in [0.717, 1.165) is 18.9 Å². The Morgan fingerprint density at radius 3 is 2.83 bits per heavy atom. The number of carbonyl (C=O) groups is 1. The van der Waals surface area contributed by atoms with E-state index in [2.05, 4.69) is 6.58 Å². The van der Waals surface area contributed by atoms with E-state index in [-0.39, 0.29) is 11.3 Å². The van der Waals surface area contributed by atoms with E-state index in [4.69, 9.17) is 9.84 Å². The van der Waals surface area contributed by atoms with Crippen molar-refractivity contribution >= 4 is 11.7 Å². The zero-order valence-electron chi connectivity index (χ0n) is 9.67. The molecule has 18 heavy (non-hydrogen) atoms. The summed E-state index contributed by atoms with van der Waals surface area (Å²) in [5.41, 5.74) is -0.817. The Balaban J connectivity index is 2.83. The molecule has 0 bridgehead atoms. The van der Waals surface area contributed by atoms with E-state index in [1.807, 2.05) is 0 Å². The molecule has 0 aliphatic carbocycles. The number of hydrogen-bond acceptors (Lipinski definition) is 4. The van der Waals surface area contributed by atoms with Crippen LogP contribution in [0.5, 0.6) is 5.75 Å². The summed E-state index contributed by atoms with van der Waals surface area (Å²) in [5.74, 6) is -1.05. The summed E-state index contributed by atoms with van der Waals surface area (Å²) < 4.78 is 5.29. The molecule has 0 aliphatic heterocycles. The highest BCUT2D eigenvalue weighted by molar-refractivity contribution is 5.92. The minimum absolute atomic E-state index is 0.288. The standard InChI is InChI=1S/C12H13NO5/c1-2-3-4-7-18-9-5-6-10(12(14)15)11(8-9)13(16)17/h2,5-6,8H,1,3-4,7H2,(H,14,15). The van der Waals surface area contributed by atoms with Gasteiger partial charge in [-0.3, -0.25) is 10.1 Å². The van der Waals surface area contributed by atoms with Crippen LogP contribution in [0, 0.1) is 10.1 Å². The minimum atomic E-state index is -1.33. The lowest BCUT2D eigenvalue weighted by Gasteiger charge is -2.06. The molecule has 6 heteroatoms. The Labute approximate surface area is 104 Å². The molecule has 0 saturated carbocycles. The molecule has 1 aromatic carbocycles. The fourth-order valence-electron chi connectivity index (χ4n) is 1.35. The quantitative estimate of drug-likeness (QED) is 0.348. The number of carboxylic acid groups (broad SMARTS) is 1. The summed E-state index contributed by atoms with van der Waals surface area (Å²) in [6.45, 7) is 3.96. The third kappa shape index (κ3) is 3.58. The number of ether oxygens (including phenoxy) is 1. The van der Waals surface area contributed by atoms with Gasteiger partial charge in [0.25, 0.3) is 5.69 Å². The number of rotatable bonds is 7. The third-order valence-electron chi connectivity index (χ3n) is 2.22. The lowest BCUT2D eigenvalue weighted by atomic mass is 10.2. The molecule has 1 N–H and O–H groups in total. The van der Waals surface area contributed by atoms with Gasteiger partial charge in [-0.05, 0) is 25.0 Å². The first-order valence-electron chi connectivity index (χ1n) is 5.31. The first kappa shape index (κ1) is 13.7. The van der Waals surface area contributed by atoms with Crippen LogP contribution in [0.1, 0.15) is 23.2 Å². The molecule has 0 unspecified atom stereocenters. The van der Waals surface area contributed by atoms with Crippen LogP contribution < -0.4 is 4.74 Å². The van der Waals surface area contributed by atoms with Crippen LogP contribution in [-0.4, -0.2) is 22.6 Å². The van der Waals surface area contributed by atoms with Crippen LogP contribution in [0.25, 0.3) is 0 Å². The van der Waals surface area contributed by atoms with Crippen molar-refractivity contribution in [2.45, 2.75) is 12.8 Å². The second-order valence-electron chi connectivity index (χ2n) is 3.52. The number of nitrogens with zero attached hydrogens (tertiary/aromatic N) is 1. The Morgan fingerprint density at radius 1 is 1.56 bits per heavy atom. The van der Waals surface area contributed by atoms with Crippen LogP contribution in [-0.2, 0) is 0 Å². The van der Waals surface area contributed by atoms with E-state index >= 15 is 0 Å². The van der Waals surface area contributed by atoms with Gasteiger partial charge in [0.15, 0.2) is 0 Å². The second-order valence-corrected chi connectivity index (χ2v) is 3.52. The molecular weight excluding hydrogens is 238 g/mol. The molecule has 0 fully saturated rings. The van der Waals surface area contributed by atoms with Crippen LogP contribution in [0.3, 0.4) is 0 Å². The van der Waals surface area contributed by atoms with Gasteiger partial charge in [0, 0.05) is 0 Å². The number of nitro benzene ring substituents is 1. The molecular formula is C12H13NO5. The van der Waals surface area contributed by atoms with E-state index < -0.39 is 16.6 Å². The van der Waals surface area contributed by atoms with Gasteiger partial charge in [-0.25, -0.2) is 4.79 Å². The number of aromatic carboxylic acids is 1. The van der Waals surface area contributed by atoms with E-state index in [0.29, 0.717) is 6.61 Å². The number of allylic oxidation sites excluding steroid dienone is 1. The molecule has 0 heterocycles. The molecule has 0 amide bonds. The lowest BCUT2D eigenvalue weighted by molar-refractivity contribution is -0.385. The Kier molecular flexibility index (Phi) is 4.86. The molecule has 0 radical (unpaired) electrons. The summed E-state index contributed by atoms with van der Waals surface area (Å²) in [5, 5.41) is 19.5. The lowest BCUT2D eigenvalue weighted by Crippen LogP contribution is -2.04. The van der Waals surface area contributed by atoms with E-state index in [9.17, 15) is 14.9 Å². The summed E-state index contributed by atoms with van der Waals surface area (Å²) >= 11 is 0. The number of unbranched alkanes of at least 4 members (excludes halogenated alkanes) is 1. The highest BCUT2D eigenvalue weighted by Crippen LogP contribution is 2.24. The summed E-state index contributed by atoms with van der Waals surface area (Å²) in [4.78, 5) is 20.8. The van der Waals surface area contributed by atoms with Gasteiger partial charge in [-0.2, -0.15) is 0 Å². The maximum Gasteiger partial charge on any atom is 0.342 e. The van der Waals surface area contributed by atoms with Crippen molar-refractivity contribution in [2.24, 2.45) is 0 Å². The van der Waals surface area contributed by atoms with Gasteiger partial charge in [0.1, 0.15) is 11.3 Å². The van der Waals surface area contributed by atoms with Crippen molar-refractivity contribution in [1.29, 1.82) is 0 Å². The summed E-state index contributed by atoms with van der Waals surface area (Å²) in [6, 6.07) is 3.70. The predicted molar refractivity (Wildman–Crippen MR) is 65.0 cm³/mol. The zero-order chi connectivity index (χ0) is 13.5. The van der Waals surface area contributed by atoms with Crippen LogP contribution in [0.4, 0.5) is 5.69 Å². The van der Waals surface area contributed by atoms with Crippen molar-refractivity contribution in [1.82, 2.24) is 0 Å².